The molecule has 7 aliphatic rings. The highest BCUT2D eigenvalue weighted by Gasteiger charge is 2.84. The number of amides is 1. The summed E-state index contributed by atoms with van der Waals surface area (Å²) in [5.41, 5.74) is -0.811. The SMILES string of the molecule is CCO[C@@H]([C@H]1C[C@@H](C)[C@H]2[C@H](O1)[C@H](O)[C@@]1(C)C3CC[C@H]4C(C)(C)C(OC(=O)NC5CNC5)CCC45CC35CCC21C)C(C)(C)O. The molecule has 0 aromatic heterocycles. The largest absolute Gasteiger partial charge is 0.446 e. The van der Waals surface area contributed by atoms with Crippen molar-refractivity contribution in [1.82, 2.24) is 10.6 Å². The van der Waals surface area contributed by atoms with E-state index in [9.17, 15) is 15.0 Å². The van der Waals surface area contributed by atoms with Crippen LogP contribution in [-0.2, 0) is 14.2 Å². The molecule has 250 valence electrons. The van der Waals surface area contributed by atoms with Crippen LogP contribution in [0.3, 0.4) is 0 Å². The molecule has 2 spiro atoms. The Labute approximate surface area is 265 Å². The molecule has 8 nitrogen and oxygen atoms in total. The molecule has 5 saturated carbocycles. The second-order valence-electron chi connectivity index (χ2n) is 18.0. The molecule has 7 rings (SSSR count). The molecule has 0 aromatic rings. The Kier molecular flexibility index (Phi) is 7.22. The topological polar surface area (TPSA) is 109 Å². The van der Waals surface area contributed by atoms with Crippen LogP contribution in [0.1, 0.15) is 107 Å². The summed E-state index contributed by atoms with van der Waals surface area (Å²) in [6, 6.07) is 0.184. The van der Waals surface area contributed by atoms with E-state index in [4.69, 9.17) is 14.2 Å². The van der Waals surface area contributed by atoms with E-state index in [2.05, 4.69) is 45.3 Å². The number of ether oxygens (including phenoxy) is 3. The summed E-state index contributed by atoms with van der Waals surface area (Å²) in [6.45, 7) is 19.7. The van der Waals surface area contributed by atoms with E-state index in [0.717, 1.165) is 51.6 Å². The lowest BCUT2D eigenvalue weighted by Gasteiger charge is -2.63. The van der Waals surface area contributed by atoms with Crippen LogP contribution in [0.4, 0.5) is 4.79 Å². The monoisotopic (exact) mass is 616 g/mol. The molecule has 44 heavy (non-hydrogen) atoms. The molecule has 7 fully saturated rings. The number of aliphatic hydroxyl groups excluding tert-OH is 1. The first kappa shape index (κ1) is 31.7. The van der Waals surface area contributed by atoms with Gasteiger partial charge in [0.25, 0.3) is 0 Å². The van der Waals surface area contributed by atoms with Gasteiger partial charge in [-0.15, -0.1) is 0 Å². The van der Waals surface area contributed by atoms with Gasteiger partial charge in [-0.25, -0.2) is 4.79 Å². The van der Waals surface area contributed by atoms with Crippen molar-refractivity contribution in [2.75, 3.05) is 19.7 Å². The van der Waals surface area contributed by atoms with Crippen molar-refractivity contribution in [2.24, 2.45) is 50.7 Å². The summed E-state index contributed by atoms with van der Waals surface area (Å²) >= 11 is 0. The van der Waals surface area contributed by atoms with Crippen LogP contribution in [0, 0.1) is 50.7 Å². The van der Waals surface area contributed by atoms with E-state index in [1.807, 2.05) is 20.8 Å². The zero-order valence-corrected chi connectivity index (χ0v) is 28.6. The average Bonchev–Trinajstić information content (AvgIpc) is 3.55. The number of alkyl carbamates (subject to hydrolysis) is 1. The van der Waals surface area contributed by atoms with E-state index in [-0.39, 0.29) is 63.4 Å². The third-order valence-corrected chi connectivity index (χ3v) is 15.5. The van der Waals surface area contributed by atoms with Crippen LogP contribution in [-0.4, -0.2) is 78.2 Å². The van der Waals surface area contributed by atoms with E-state index >= 15 is 0 Å². The van der Waals surface area contributed by atoms with Gasteiger partial charge in [-0.05, 0) is 112 Å². The highest BCUT2D eigenvalue weighted by atomic mass is 16.6. The minimum Gasteiger partial charge on any atom is -0.446 e. The van der Waals surface area contributed by atoms with Crippen LogP contribution < -0.4 is 10.6 Å². The Morgan fingerprint density at radius 1 is 1.07 bits per heavy atom. The number of fused-ring (bicyclic) bond motifs is 4. The third-order valence-electron chi connectivity index (χ3n) is 15.5. The van der Waals surface area contributed by atoms with Crippen LogP contribution in [0.15, 0.2) is 0 Å². The second kappa shape index (κ2) is 10.0. The van der Waals surface area contributed by atoms with Gasteiger partial charge in [-0.3, -0.25) is 0 Å². The Balaban J connectivity index is 1.14. The van der Waals surface area contributed by atoms with Crippen molar-refractivity contribution in [3.05, 3.63) is 0 Å². The summed E-state index contributed by atoms with van der Waals surface area (Å²) in [5, 5.41) is 29.8. The lowest BCUT2D eigenvalue weighted by molar-refractivity contribution is -0.215. The molecular weight excluding hydrogens is 556 g/mol. The van der Waals surface area contributed by atoms with E-state index in [1.54, 1.807) is 0 Å². The molecule has 0 aromatic carbocycles. The molecule has 0 radical (unpaired) electrons. The Bertz CT molecular complexity index is 1150. The van der Waals surface area contributed by atoms with Gasteiger partial charge in [-0.1, -0.05) is 34.6 Å². The molecule has 2 aliphatic heterocycles. The summed E-state index contributed by atoms with van der Waals surface area (Å²) < 4.78 is 19.2. The summed E-state index contributed by atoms with van der Waals surface area (Å²) in [6.07, 6.45) is 6.98. The first-order valence-corrected chi connectivity index (χ1v) is 17.9. The molecule has 5 aliphatic carbocycles. The van der Waals surface area contributed by atoms with E-state index < -0.39 is 17.8 Å². The normalized spacial score (nSPS) is 51.4. The highest BCUT2D eigenvalue weighted by molar-refractivity contribution is 5.68. The highest BCUT2D eigenvalue weighted by Crippen LogP contribution is 2.89. The first-order valence-electron chi connectivity index (χ1n) is 17.9. The molecule has 5 unspecified atom stereocenters. The maximum absolute atomic E-state index is 12.8. The van der Waals surface area contributed by atoms with Gasteiger partial charge in [0.2, 0.25) is 0 Å². The van der Waals surface area contributed by atoms with Gasteiger partial charge in [0, 0.05) is 30.5 Å². The van der Waals surface area contributed by atoms with Gasteiger partial charge >= 0.3 is 6.09 Å². The third kappa shape index (κ3) is 4.02. The summed E-state index contributed by atoms with van der Waals surface area (Å²) in [7, 11) is 0. The molecule has 13 atom stereocenters. The number of hydrogen-bond acceptors (Lipinski definition) is 7. The fourth-order valence-electron chi connectivity index (χ4n) is 13.4. The number of carbonyl (C=O) groups is 1. The Hall–Kier alpha value is -0.930. The lowest BCUT2D eigenvalue weighted by atomic mass is 9.41. The van der Waals surface area contributed by atoms with Crippen LogP contribution in [0.2, 0.25) is 0 Å². The van der Waals surface area contributed by atoms with Crippen molar-refractivity contribution in [2.45, 2.75) is 149 Å². The van der Waals surface area contributed by atoms with Crippen LogP contribution in [0.25, 0.3) is 0 Å². The standard InChI is InChI=1S/C36H60N2O6/c1-9-42-29(32(5,6)41)22-16-20(2)26-27(43-22)28(39)34(8)24-11-10-23-31(3,4)25(44-30(40)38-21-17-37-18-21)12-13-35(23)19-36(24,35)15-14-33(26,34)7/h20-29,37,39,41H,9-19H2,1-8H3,(H,38,40)/t20-,22-,23+,24?,25?,26+,27+,28+,29+,33?,34-,35?,36?/m1/s1. The van der Waals surface area contributed by atoms with Gasteiger partial charge in [0.05, 0.1) is 30.0 Å². The number of aliphatic hydroxyl groups is 2. The minimum atomic E-state index is -1.02. The van der Waals surface area contributed by atoms with Gasteiger partial charge < -0.3 is 35.1 Å². The van der Waals surface area contributed by atoms with Crippen LogP contribution in [0.5, 0.6) is 0 Å². The van der Waals surface area contributed by atoms with Gasteiger partial charge in [0.1, 0.15) is 12.2 Å². The maximum atomic E-state index is 12.8. The Morgan fingerprint density at radius 2 is 1.75 bits per heavy atom. The lowest BCUT2D eigenvalue weighted by Crippen LogP contribution is -2.60. The van der Waals surface area contributed by atoms with E-state index in [0.29, 0.717) is 24.4 Å². The number of hydrogen-bond donors (Lipinski definition) is 4. The molecule has 8 heteroatoms. The van der Waals surface area contributed by atoms with Crippen molar-refractivity contribution in [1.29, 1.82) is 0 Å². The van der Waals surface area contributed by atoms with Gasteiger partial charge in [-0.2, -0.15) is 0 Å². The molecule has 2 saturated heterocycles. The predicted octanol–water partition coefficient (Wildman–Crippen LogP) is 5.04. The molecule has 1 amide bonds. The quantitative estimate of drug-likeness (QED) is 0.331. The number of nitrogens with one attached hydrogen (secondary N) is 2. The zero-order valence-electron chi connectivity index (χ0n) is 28.6. The smallest absolute Gasteiger partial charge is 0.407 e. The Morgan fingerprint density at radius 3 is 2.39 bits per heavy atom. The minimum absolute atomic E-state index is 0.00581. The molecule has 0 bridgehead atoms. The summed E-state index contributed by atoms with van der Waals surface area (Å²) in [5.74, 6) is 1.64. The molecule has 2 heterocycles. The fourth-order valence-corrected chi connectivity index (χ4v) is 13.4. The molecule has 4 N–H and O–H groups in total. The zero-order chi connectivity index (χ0) is 31.7. The fraction of sp³-hybridized carbons (Fsp3) is 0.972. The maximum Gasteiger partial charge on any atom is 0.407 e. The van der Waals surface area contributed by atoms with Crippen molar-refractivity contribution in [3.63, 3.8) is 0 Å². The molecular formula is C36H60N2O6. The number of rotatable bonds is 6. The van der Waals surface area contributed by atoms with Crippen molar-refractivity contribution in [3.8, 4) is 0 Å². The van der Waals surface area contributed by atoms with Gasteiger partial charge in [0.15, 0.2) is 0 Å². The van der Waals surface area contributed by atoms with Crippen molar-refractivity contribution >= 4 is 6.09 Å². The average molecular weight is 617 g/mol. The number of carbonyl (C=O) groups excluding carboxylic acids is 1. The van der Waals surface area contributed by atoms with Crippen LogP contribution >= 0.6 is 0 Å². The van der Waals surface area contributed by atoms with Crippen molar-refractivity contribution < 1.29 is 29.2 Å². The van der Waals surface area contributed by atoms with E-state index in [1.165, 1.54) is 12.8 Å². The summed E-state index contributed by atoms with van der Waals surface area (Å²) in [4.78, 5) is 12.8. The predicted molar refractivity (Wildman–Crippen MR) is 168 cm³/mol. The second-order valence-corrected chi connectivity index (χ2v) is 18.0. The first-order chi connectivity index (χ1) is 20.6.